The van der Waals surface area contributed by atoms with E-state index in [9.17, 15) is 13.2 Å². The number of rotatable bonds is 6. The smallest absolute Gasteiger partial charge is 0.282 e. The highest BCUT2D eigenvalue weighted by atomic mass is 35.5. The van der Waals surface area contributed by atoms with Crippen LogP contribution in [0.2, 0.25) is 5.02 Å². The summed E-state index contributed by atoms with van der Waals surface area (Å²) >= 11 is 5.84. The van der Waals surface area contributed by atoms with E-state index in [0.717, 1.165) is 22.3 Å². The molecule has 0 spiro atoms. The molecule has 1 saturated heterocycles. The lowest BCUT2D eigenvalue weighted by atomic mass is 10.1. The van der Waals surface area contributed by atoms with Crippen LogP contribution in [0.4, 0.5) is 0 Å². The lowest BCUT2D eigenvalue weighted by molar-refractivity contribution is -0.121. The van der Waals surface area contributed by atoms with E-state index in [1.165, 1.54) is 8.61 Å². The van der Waals surface area contributed by atoms with Gasteiger partial charge in [0, 0.05) is 31.2 Å². The van der Waals surface area contributed by atoms with E-state index in [1.807, 2.05) is 44.2 Å². The minimum Gasteiger partial charge on any atom is -0.351 e. The minimum atomic E-state index is -3.65. The van der Waals surface area contributed by atoms with Crippen molar-refractivity contribution < 1.29 is 13.2 Å². The van der Waals surface area contributed by atoms with E-state index in [2.05, 4.69) is 5.32 Å². The molecule has 2 aromatic rings. The first-order valence-electron chi connectivity index (χ1n) is 9.08. The molecule has 6 nitrogen and oxygen atoms in total. The van der Waals surface area contributed by atoms with Gasteiger partial charge in [0.2, 0.25) is 5.91 Å². The highest BCUT2D eigenvalue weighted by Gasteiger charge is 2.37. The van der Waals surface area contributed by atoms with Crippen LogP contribution in [0.5, 0.6) is 0 Å². The lowest BCUT2D eigenvalue weighted by Crippen LogP contribution is -2.40. The molecule has 8 heteroatoms. The van der Waals surface area contributed by atoms with Gasteiger partial charge in [-0.15, -0.1) is 0 Å². The van der Waals surface area contributed by atoms with E-state index in [1.54, 1.807) is 12.1 Å². The number of carbonyl (C=O) groups excluding carboxylic acids is 1. The number of amides is 1. The Hall–Kier alpha value is -1.93. The largest absolute Gasteiger partial charge is 0.351 e. The third-order valence-electron chi connectivity index (χ3n) is 4.83. The van der Waals surface area contributed by atoms with Crippen molar-refractivity contribution in [1.82, 2.24) is 13.9 Å². The summed E-state index contributed by atoms with van der Waals surface area (Å²) in [6.45, 7) is 5.11. The number of nitrogens with zero attached hydrogens (tertiary/aromatic N) is 2. The van der Waals surface area contributed by atoms with Crippen molar-refractivity contribution >= 4 is 27.7 Å². The minimum absolute atomic E-state index is 0.181. The summed E-state index contributed by atoms with van der Waals surface area (Å²) in [4.78, 5) is 12.2. The van der Waals surface area contributed by atoms with Crippen molar-refractivity contribution in [2.45, 2.75) is 26.9 Å². The molecule has 1 N–H and O–H groups in total. The SMILES string of the molecule is Cc1ccc(C)c(CN2CCN(CC(=O)NCc3ccc(Cl)cc3)S2(=O)=O)c1. The van der Waals surface area contributed by atoms with Gasteiger partial charge in [0.1, 0.15) is 0 Å². The fourth-order valence-electron chi connectivity index (χ4n) is 3.12. The highest BCUT2D eigenvalue weighted by molar-refractivity contribution is 7.87. The summed E-state index contributed by atoms with van der Waals surface area (Å²) in [5.41, 5.74) is 4.03. The second kappa shape index (κ2) is 8.61. The summed E-state index contributed by atoms with van der Waals surface area (Å²) in [6.07, 6.45) is 0. The van der Waals surface area contributed by atoms with Crippen LogP contribution >= 0.6 is 11.6 Å². The number of carbonyl (C=O) groups is 1. The molecule has 0 unspecified atom stereocenters. The first-order chi connectivity index (χ1) is 13.3. The first kappa shape index (κ1) is 20.8. The maximum Gasteiger partial charge on any atom is 0.282 e. The Labute approximate surface area is 171 Å². The van der Waals surface area contributed by atoms with Gasteiger partial charge in [-0.2, -0.15) is 17.0 Å². The van der Waals surface area contributed by atoms with Gasteiger partial charge in [0.05, 0.1) is 6.54 Å². The van der Waals surface area contributed by atoms with Gasteiger partial charge >= 0.3 is 0 Å². The average Bonchev–Trinajstić information content (AvgIpc) is 2.92. The maximum atomic E-state index is 12.8. The Morgan fingerprint density at radius 1 is 1.07 bits per heavy atom. The molecule has 2 aromatic carbocycles. The molecule has 1 aliphatic rings. The molecule has 28 heavy (non-hydrogen) atoms. The highest BCUT2D eigenvalue weighted by Crippen LogP contribution is 2.21. The van der Waals surface area contributed by atoms with Crippen LogP contribution in [0.3, 0.4) is 0 Å². The summed E-state index contributed by atoms with van der Waals surface area (Å²) in [6, 6.07) is 13.1. The molecule has 150 valence electrons. The lowest BCUT2D eigenvalue weighted by Gasteiger charge is -2.19. The van der Waals surface area contributed by atoms with Crippen LogP contribution in [0.1, 0.15) is 22.3 Å². The predicted octanol–water partition coefficient (Wildman–Crippen LogP) is 2.64. The van der Waals surface area contributed by atoms with E-state index in [0.29, 0.717) is 31.2 Å². The van der Waals surface area contributed by atoms with Crippen LogP contribution < -0.4 is 5.32 Å². The topological polar surface area (TPSA) is 69.7 Å². The zero-order chi connectivity index (χ0) is 20.3. The number of hydrogen-bond donors (Lipinski definition) is 1. The second-order valence-corrected chi connectivity index (χ2v) is 9.37. The van der Waals surface area contributed by atoms with Gasteiger partial charge in [-0.1, -0.05) is 47.5 Å². The molecule has 0 saturated carbocycles. The average molecular weight is 422 g/mol. The molecule has 3 rings (SSSR count). The number of hydrogen-bond acceptors (Lipinski definition) is 3. The first-order valence-corrected chi connectivity index (χ1v) is 10.9. The Balaban J connectivity index is 1.58. The van der Waals surface area contributed by atoms with Crippen molar-refractivity contribution in [3.63, 3.8) is 0 Å². The van der Waals surface area contributed by atoms with Crippen LogP contribution in [-0.4, -0.2) is 42.6 Å². The molecule has 1 fully saturated rings. The zero-order valence-corrected chi connectivity index (χ0v) is 17.6. The van der Waals surface area contributed by atoms with Crippen molar-refractivity contribution in [2.75, 3.05) is 19.6 Å². The number of benzene rings is 2. The van der Waals surface area contributed by atoms with Crippen molar-refractivity contribution in [3.05, 3.63) is 69.7 Å². The van der Waals surface area contributed by atoms with Gasteiger partial charge in [-0.05, 0) is 42.7 Å². The molecule has 1 aliphatic heterocycles. The van der Waals surface area contributed by atoms with Gasteiger partial charge in [-0.25, -0.2) is 0 Å². The van der Waals surface area contributed by atoms with E-state index < -0.39 is 10.2 Å². The second-order valence-electron chi connectivity index (χ2n) is 7.01. The maximum absolute atomic E-state index is 12.8. The molecule has 0 bridgehead atoms. The Bertz CT molecular complexity index is 961. The molecule has 0 atom stereocenters. The van der Waals surface area contributed by atoms with Crippen LogP contribution in [-0.2, 0) is 28.1 Å². The standard InChI is InChI=1S/C20H24ClN3O3S/c1-15-3-4-16(2)18(11-15)13-23-9-10-24(28(23,26)27)14-20(25)22-12-17-5-7-19(21)8-6-17/h3-8,11H,9-10,12-14H2,1-2H3,(H,22,25). The van der Waals surface area contributed by atoms with Crippen molar-refractivity contribution in [1.29, 1.82) is 0 Å². The van der Waals surface area contributed by atoms with Gasteiger partial charge < -0.3 is 5.32 Å². The Morgan fingerprint density at radius 2 is 1.75 bits per heavy atom. The fourth-order valence-corrected chi connectivity index (χ4v) is 4.78. The summed E-state index contributed by atoms with van der Waals surface area (Å²) in [5.74, 6) is -0.327. The molecule has 0 radical (unpaired) electrons. The molecular weight excluding hydrogens is 398 g/mol. The number of halogens is 1. The molecular formula is C20H24ClN3O3S. The van der Waals surface area contributed by atoms with Crippen molar-refractivity contribution in [3.8, 4) is 0 Å². The van der Waals surface area contributed by atoms with Crippen LogP contribution in [0.15, 0.2) is 42.5 Å². The summed E-state index contributed by atoms with van der Waals surface area (Å²) in [7, 11) is -3.65. The quantitative estimate of drug-likeness (QED) is 0.779. The van der Waals surface area contributed by atoms with Gasteiger partial charge in [0.15, 0.2) is 0 Å². The van der Waals surface area contributed by atoms with Crippen LogP contribution in [0, 0.1) is 13.8 Å². The van der Waals surface area contributed by atoms with E-state index >= 15 is 0 Å². The third-order valence-corrected chi connectivity index (χ3v) is 7.01. The zero-order valence-electron chi connectivity index (χ0n) is 16.0. The third kappa shape index (κ3) is 4.91. The van der Waals surface area contributed by atoms with E-state index in [-0.39, 0.29) is 12.5 Å². The normalized spacial score (nSPS) is 17.0. The summed E-state index contributed by atoms with van der Waals surface area (Å²) in [5, 5.41) is 3.38. The fraction of sp³-hybridized carbons (Fsp3) is 0.350. The molecule has 1 heterocycles. The van der Waals surface area contributed by atoms with Gasteiger partial charge in [-0.3, -0.25) is 4.79 Å². The van der Waals surface area contributed by atoms with Gasteiger partial charge in [0.25, 0.3) is 10.2 Å². The predicted molar refractivity (Wildman–Crippen MR) is 110 cm³/mol. The molecule has 0 aromatic heterocycles. The number of aryl methyl sites for hydroxylation is 2. The molecule has 0 aliphatic carbocycles. The monoisotopic (exact) mass is 421 g/mol. The Kier molecular flexibility index (Phi) is 6.40. The van der Waals surface area contributed by atoms with Crippen LogP contribution in [0.25, 0.3) is 0 Å². The summed E-state index contributed by atoms with van der Waals surface area (Å²) < 4.78 is 28.3. The Morgan fingerprint density at radius 3 is 2.46 bits per heavy atom. The van der Waals surface area contributed by atoms with Crippen molar-refractivity contribution in [2.24, 2.45) is 0 Å². The number of nitrogens with one attached hydrogen (secondary N) is 1. The van der Waals surface area contributed by atoms with E-state index in [4.69, 9.17) is 11.6 Å². The molecule has 1 amide bonds.